The Morgan fingerprint density at radius 2 is 2.25 bits per heavy atom. The van der Waals surface area contributed by atoms with Gasteiger partial charge in [0, 0.05) is 23.4 Å². The van der Waals surface area contributed by atoms with Crippen LogP contribution in [0.25, 0.3) is 0 Å². The van der Waals surface area contributed by atoms with E-state index >= 15 is 0 Å². The minimum atomic E-state index is 0.218. The molecule has 4 heteroatoms. The zero-order chi connectivity index (χ0) is 12.0. The number of carbonyl (C=O) groups excluding carboxylic acids is 1. The van der Waals surface area contributed by atoms with Crippen LogP contribution in [0.5, 0.6) is 5.75 Å². The molecule has 0 spiro atoms. The summed E-state index contributed by atoms with van der Waals surface area (Å²) in [7, 11) is 1.60. The Kier molecular flexibility index (Phi) is 5.71. The number of hydrogen-bond acceptors (Lipinski definition) is 3. The summed E-state index contributed by atoms with van der Waals surface area (Å²) in [6.07, 6.45) is 2.98. The molecule has 0 aromatic heterocycles. The van der Waals surface area contributed by atoms with E-state index in [4.69, 9.17) is 16.3 Å². The van der Waals surface area contributed by atoms with E-state index in [9.17, 15) is 4.79 Å². The fraction of sp³-hybridized carbons (Fsp3) is 0.417. The largest absolute Gasteiger partial charge is 0.496 e. The maximum Gasteiger partial charge on any atom is 0.138 e. The minimum absolute atomic E-state index is 0.218. The summed E-state index contributed by atoms with van der Waals surface area (Å²) in [5, 5.41) is 0.633. The lowest BCUT2D eigenvalue weighted by Gasteiger charge is -2.08. The summed E-state index contributed by atoms with van der Waals surface area (Å²) < 4.78 is 5.19. The molecule has 88 valence electrons. The van der Waals surface area contributed by atoms with Gasteiger partial charge in [-0.1, -0.05) is 11.6 Å². The molecule has 0 unspecified atom stereocenters. The average molecular weight is 259 g/mol. The Morgan fingerprint density at radius 1 is 1.50 bits per heavy atom. The molecule has 0 aliphatic rings. The molecular formula is C12H15ClO2S. The number of Topliss-reactive ketones (excluding diaryl/α,β-unsaturated/α-hetero) is 1. The molecule has 0 aliphatic carbocycles. The monoisotopic (exact) mass is 258 g/mol. The lowest BCUT2D eigenvalue weighted by atomic mass is 10.1. The summed E-state index contributed by atoms with van der Waals surface area (Å²) in [5.74, 6) is 1.80. The van der Waals surface area contributed by atoms with Crippen LogP contribution < -0.4 is 4.74 Å². The van der Waals surface area contributed by atoms with Crippen molar-refractivity contribution in [3.05, 3.63) is 28.8 Å². The molecule has 0 aliphatic heterocycles. The van der Waals surface area contributed by atoms with E-state index in [2.05, 4.69) is 0 Å². The van der Waals surface area contributed by atoms with E-state index in [-0.39, 0.29) is 5.78 Å². The van der Waals surface area contributed by atoms with Crippen LogP contribution in [0.15, 0.2) is 18.2 Å². The van der Waals surface area contributed by atoms with Crippen molar-refractivity contribution in [2.75, 3.05) is 19.1 Å². The van der Waals surface area contributed by atoms with Crippen molar-refractivity contribution < 1.29 is 9.53 Å². The molecule has 1 aromatic carbocycles. The third-order valence-electron chi connectivity index (χ3n) is 2.22. The van der Waals surface area contributed by atoms with Gasteiger partial charge in [0.1, 0.15) is 11.5 Å². The van der Waals surface area contributed by atoms with Crippen LogP contribution in [0.2, 0.25) is 5.02 Å². The lowest BCUT2D eigenvalue weighted by molar-refractivity contribution is -0.118. The van der Waals surface area contributed by atoms with E-state index in [1.807, 2.05) is 6.26 Å². The first-order chi connectivity index (χ1) is 7.67. The highest BCUT2D eigenvalue weighted by atomic mass is 35.5. The van der Waals surface area contributed by atoms with Gasteiger partial charge < -0.3 is 4.74 Å². The van der Waals surface area contributed by atoms with Crippen molar-refractivity contribution >= 4 is 29.1 Å². The summed E-state index contributed by atoms with van der Waals surface area (Å²) >= 11 is 7.57. The lowest BCUT2D eigenvalue weighted by Crippen LogP contribution is -2.05. The highest BCUT2D eigenvalue weighted by Gasteiger charge is 2.09. The molecule has 16 heavy (non-hydrogen) atoms. The first kappa shape index (κ1) is 13.4. The number of carbonyl (C=O) groups is 1. The summed E-state index contributed by atoms with van der Waals surface area (Å²) in [6.45, 7) is 0. The van der Waals surface area contributed by atoms with Gasteiger partial charge in [0.15, 0.2) is 0 Å². The molecule has 0 saturated heterocycles. The Balaban J connectivity index is 2.71. The van der Waals surface area contributed by atoms with Crippen LogP contribution in [0.1, 0.15) is 12.0 Å². The Morgan fingerprint density at radius 3 is 2.88 bits per heavy atom. The van der Waals surface area contributed by atoms with Crippen LogP contribution in [0.4, 0.5) is 0 Å². The van der Waals surface area contributed by atoms with Gasteiger partial charge in [-0.25, -0.2) is 0 Å². The first-order valence-electron chi connectivity index (χ1n) is 5.00. The highest BCUT2D eigenvalue weighted by molar-refractivity contribution is 7.98. The maximum absolute atomic E-state index is 11.6. The quantitative estimate of drug-likeness (QED) is 0.784. The molecule has 0 radical (unpaired) electrons. The van der Waals surface area contributed by atoms with Gasteiger partial charge in [0.05, 0.1) is 7.11 Å². The second kappa shape index (κ2) is 6.81. The zero-order valence-electron chi connectivity index (χ0n) is 9.46. The molecule has 0 fully saturated rings. The molecule has 1 aromatic rings. The normalized spacial score (nSPS) is 10.2. The zero-order valence-corrected chi connectivity index (χ0v) is 11.0. The molecule has 0 amide bonds. The Hall–Kier alpha value is -0.670. The van der Waals surface area contributed by atoms with Crippen molar-refractivity contribution in [1.82, 2.24) is 0 Å². The number of ether oxygens (including phenoxy) is 1. The number of thioether (sulfide) groups is 1. The van der Waals surface area contributed by atoms with Gasteiger partial charge in [0.2, 0.25) is 0 Å². The summed E-state index contributed by atoms with van der Waals surface area (Å²) in [5.41, 5.74) is 0.862. The van der Waals surface area contributed by atoms with Crippen LogP contribution in [0.3, 0.4) is 0 Å². The minimum Gasteiger partial charge on any atom is -0.496 e. The van der Waals surface area contributed by atoms with Crippen molar-refractivity contribution in [2.24, 2.45) is 0 Å². The van der Waals surface area contributed by atoms with Crippen LogP contribution in [-0.2, 0) is 11.2 Å². The Labute approximate surface area is 105 Å². The van der Waals surface area contributed by atoms with E-state index in [0.717, 1.165) is 17.1 Å². The van der Waals surface area contributed by atoms with Crippen molar-refractivity contribution in [2.45, 2.75) is 12.8 Å². The molecule has 0 N–H and O–H groups in total. The van der Waals surface area contributed by atoms with Gasteiger partial charge >= 0.3 is 0 Å². The van der Waals surface area contributed by atoms with Gasteiger partial charge in [-0.2, -0.15) is 11.8 Å². The Bertz CT molecular complexity index is 366. The first-order valence-corrected chi connectivity index (χ1v) is 6.77. The number of ketones is 1. The second-order valence-corrected chi connectivity index (χ2v) is 4.84. The highest BCUT2D eigenvalue weighted by Crippen LogP contribution is 2.23. The van der Waals surface area contributed by atoms with Crippen LogP contribution in [0, 0.1) is 0 Å². The van der Waals surface area contributed by atoms with Crippen molar-refractivity contribution in [1.29, 1.82) is 0 Å². The molecule has 0 bridgehead atoms. The van der Waals surface area contributed by atoms with E-state index in [1.165, 1.54) is 0 Å². The molecule has 1 rings (SSSR count). The maximum atomic E-state index is 11.6. The van der Waals surface area contributed by atoms with Crippen LogP contribution in [-0.4, -0.2) is 24.9 Å². The molecular weight excluding hydrogens is 244 g/mol. The fourth-order valence-electron chi connectivity index (χ4n) is 1.40. The van der Waals surface area contributed by atoms with E-state index in [0.29, 0.717) is 17.9 Å². The van der Waals surface area contributed by atoms with Gasteiger partial charge in [0.25, 0.3) is 0 Å². The summed E-state index contributed by atoms with van der Waals surface area (Å²) in [6, 6.07) is 5.34. The standard InChI is InChI=1S/C12H15ClO2S/c1-15-12-4-3-10(13)7-9(12)8-11(14)5-6-16-2/h3-4,7H,5-6,8H2,1-2H3. The summed E-state index contributed by atoms with van der Waals surface area (Å²) in [4.78, 5) is 11.6. The molecule has 0 heterocycles. The average Bonchev–Trinajstić information content (AvgIpc) is 2.27. The third-order valence-corrected chi connectivity index (χ3v) is 3.06. The third kappa shape index (κ3) is 4.06. The predicted molar refractivity (Wildman–Crippen MR) is 69.7 cm³/mol. The molecule has 2 nitrogen and oxygen atoms in total. The number of rotatable bonds is 6. The van der Waals surface area contributed by atoms with Crippen LogP contribution >= 0.6 is 23.4 Å². The number of methoxy groups -OCH3 is 1. The molecule has 0 saturated carbocycles. The van der Waals surface area contributed by atoms with Crippen molar-refractivity contribution in [3.8, 4) is 5.75 Å². The fourth-order valence-corrected chi connectivity index (χ4v) is 2.03. The SMILES string of the molecule is COc1ccc(Cl)cc1CC(=O)CCSC. The topological polar surface area (TPSA) is 26.3 Å². The predicted octanol–water partition coefficient (Wildman–Crippen LogP) is 3.21. The molecule has 0 atom stereocenters. The van der Waals surface area contributed by atoms with Crippen molar-refractivity contribution in [3.63, 3.8) is 0 Å². The van der Waals surface area contributed by atoms with E-state index < -0.39 is 0 Å². The second-order valence-electron chi connectivity index (χ2n) is 3.41. The number of benzene rings is 1. The van der Waals surface area contributed by atoms with Gasteiger partial charge in [-0.3, -0.25) is 4.79 Å². The van der Waals surface area contributed by atoms with Gasteiger partial charge in [-0.15, -0.1) is 0 Å². The van der Waals surface area contributed by atoms with E-state index in [1.54, 1.807) is 37.1 Å². The number of halogens is 1. The number of hydrogen-bond donors (Lipinski definition) is 0. The van der Waals surface area contributed by atoms with Gasteiger partial charge in [-0.05, 0) is 30.2 Å². The smallest absolute Gasteiger partial charge is 0.138 e.